The smallest absolute Gasteiger partial charge is 0.0621 e. The van der Waals surface area contributed by atoms with Crippen molar-refractivity contribution in [3.63, 3.8) is 0 Å². The maximum absolute atomic E-state index is 8.34. The zero-order chi connectivity index (χ0) is 10.1. The number of nitrogens with zero attached hydrogens (tertiary/aromatic N) is 1. The lowest BCUT2D eigenvalue weighted by Crippen LogP contribution is -2.28. The van der Waals surface area contributed by atoms with Gasteiger partial charge in [0.05, 0.1) is 6.07 Å². The van der Waals surface area contributed by atoms with Crippen LogP contribution in [-0.4, -0.2) is 26.3 Å². The maximum atomic E-state index is 8.34. The maximum Gasteiger partial charge on any atom is 0.0621 e. The van der Waals surface area contributed by atoms with Gasteiger partial charge >= 0.3 is 0 Å². The van der Waals surface area contributed by atoms with E-state index < -0.39 is 0 Å². The molecular formula is C11H20N2O. The second kappa shape index (κ2) is 7.78. The van der Waals surface area contributed by atoms with Crippen LogP contribution >= 0.6 is 0 Å². The van der Waals surface area contributed by atoms with Crippen molar-refractivity contribution in [1.29, 1.82) is 5.26 Å². The van der Waals surface area contributed by atoms with Crippen LogP contribution in [0.4, 0.5) is 0 Å². The average Bonchev–Trinajstić information content (AvgIpc) is 2.25. The molecule has 1 aliphatic heterocycles. The summed E-state index contributed by atoms with van der Waals surface area (Å²) in [5.41, 5.74) is 0. The highest BCUT2D eigenvalue weighted by Gasteiger charge is 2.12. The topological polar surface area (TPSA) is 45.0 Å². The van der Waals surface area contributed by atoms with Gasteiger partial charge in [-0.15, -0.1) is 0 Å². The Labute approximate surface area is 86.4 Å². The van der Waals surface area contributed by atoms with Gasteiger partial charge in [-0.2, -0.15) is 5.26 Å². The van der Waals surface area contributed by atoms with E-state index in [-0.39, 0.29) is 0 Å². The quantitative estimate of drug-likeness (QED) is 0.658. The molecule has 0 spiro atoms. The number of hydrogen-bond donors (Lipinski definition) is 1. The van der Waals surface area contributed by atoms with Crippen molar-refractivity contribution in [2.45, 2.75) is 32.1 Å². The summed E-state index contributed by atoms with van der Waals surface area (Å²) in [6.45, 7) is 4.04. The van der Waals surface area contributed by atoms with Gasteiger partial charge < -0.3 is 10.1 Å². The van der Waals surface area contributed by atoms with Crippen molar-refractivity contribution >= 4 is 0 Å². The summed E-state index contributed by atoms with van der Waals surface area (Å²) in [4.78, 5) is 0. The summed E-state index contributed by atoms with van der Waals surface area (Å²) in [6, 6.07) is 2.16. The molecular weight excluding hydrogens is 176 g/mol. The molecule has 1 heterocycles. The van der Waals surface area contributed by atoms with Crippen molar-refractivity contribution in [1.82, 2.24) is 5.32 Å². The minimum absolute atomic E-state index is 0.693. The highest BCUT2D eigenvalue weighted by Crippen LogP contribution is 2.12. The Morgan fingerprint density at radius 2 is 2.07 bits per heavy atom. The van der Waals surface area contributed by atoms with Gasteiger partial charge in [0.1, 0.15) is 0 Å². The molecule has 80 valence electrons. The summed E-state index contributed by atoms with van der Waals surface area (Å²) >= 11 is 0. The fourth-order valence-electron chi connectivity index (χ4n) is 1.71. The number of hydrogen-bond acceptors (Lipinski definition) is 3. The molecule has 1 rings (SSSR count). The Morgan fingerprint density at radius 3 is 2.79 bits per heavy atom. The van der Waals surface area contributed by atoms with E-state index in [9.17, 15) is 0 Å². The molecule has 1 N–H and O–H groups in total. The van der Waals surface area contributed by atoms with Crippen LogP contribution in [0.3, 0.4) is 0 Å². The predicted molar refractivity (Wildman–Crippen MR) is 55.9 cm³/mol. The van der Waals surface area contributed by atoms with Crippen molar-refractivity contribution in [2.75, 3.05) is 26.3 Å². The molecule has 0 radical (unpaired) electrons. The molecule has 3 heteroatoms. The lowest BCUT2D eigenvalue weighted by Gasteiger charge is -2.22. The van der Waals surface area contributed by atoms with Crippen LogP contribution in [0.1, 0.15) is 32.1 Å². The number of nitrogens with one attached hydrogen (secondary N) is 1. The molecule has 0 bridgehead atoms. The van der Waals surface area contributed by atoms with E-state index in [4.69, 9.17) is 10.00 Å². The van der Waals surface area contributed by atoms with Gasteiger partial charge in [-0.05, 0) is 44.7 Å². The van der Waals surface area contributed by atoms with E-state index in [2.05, 4.69) is 11.4 Å². The lowest BCUT2D eigenvalue weighted by atomic mass is 10.0. The molecule has 1 fully saturated rings. The van der Waals surface area contributed by atoms with Gasteiger partial charge in [0.25, 0.3) is 0 Å². The molecule has 0 amide bonds. The molecule has 0 aliphatic carbocycles. The zero-order valence-corrected chi connectivity index (χ0v) is 8.80. The number of ether oxygens (including phenoxy) is 1. The highest BCUT2D eigenvalue weighted by molar-refractivity contribution is 4.69. The Kier molecular flexibility index (Phi) is 6.38. The van der Waals surface area contributed by atoms with Crippen LogP contribution < -0.4 is 5.32 Å². The minimum Gasteiger partial charge on any atom is -0.381 e. The first kappa shape index (κ1) is 11.5. The van der Waals surface area contributed by atoms with Gasteiger partial charge in [0.2, 0.25) is 0 Å². The Bertz CT molecular complexity index is 171. The van der Waals surface area contributed by atoms with Crippen molar-refractivity contribution < 1.29 is 4.74 Å². The third-order valence-electron chi connectivity index (χ3n) is 2.67. The SMILES string of the molecule is N#CCCCCNCC1CCOCC1. The van der Waals surface area contributed by atoms with E-state index in [1.54, 1.807) is 0 Å². The molecule has 0 atom stereocenters. The molecule has 0 aromatic heterocycles. The van der Waals surface area contributed by atoms with Crippen LogP contribution in [0.2, 0.25) is 0 Å². The fraction of sp³-hybridized carbons (Fsp3) is 0.909. The van der Waals surface area contributed by atoms with Crippen LogP contribution in [-0.2, 0) is 4.74 Å². The third-order valence-corrected chi connectivity index (χ3v) is 2.67. The first-order valence-corrected chi connectivity index (χ1v) is 5.59. The van der Waals surface area contributed by atoms with Crippen LogP contribution in [0.25, 0.3) is 0 Å². The molecule has 0 aromatic rings. The summed E-state index contributed by atoms with van der Waals surface area (Å²) < 4.78 is 5.30. The monoisotopic (exact) mass is 196 g/mol. The summed E-state index contributed by atoms with van der Waals surface area (Å²) in [6.07, 6.45) is 5.24. The first-order valence-electron chi connectivity index (χ1n) is 5.59. The molecule has 14 heavy (non-hydrogen) atoms. The molecule has 1 saturated heterocycles. The van der Waals surface area contributed by atoms with E-state index >= 15 is 0 Å². The second-order valence-electron chi connectivity index (χ2n) is 3.88. The van der Waals surface area contributed by atoms with Crippen molar-refractivity contribution in [3.8, 4) is 6.07 Å². The summed E-state index contributed by atoms with van der Waals surface area (Å²) in [7, 11) is 0. The first-order chi connectivity index (χ1) is 6.93. The second-order valence-corrected chi connectivity index (χ2v) is 3.88. The third kappa shape index (κ3) is 5.21. The van der Waals surface area contributed by atoms with Crippen molar-refractivity contribution in [2.24, 2.45) is 5.92 Å². The van der Waals surface area contributed by atoms with Gasteiger partial charge in [-0.1, -0.05) is 0 Å². The van der Waals surface area contributed by atoms with Gasteiger partial charge in [-0.3, -0.25) is 0 Å². The van der Waals surface area contributed by atoms with Gasteiger partial charge in [-0.25, -0.2) is 0 Å². The van der Waals surface area contributed by atoms with Gasteiger partial charge in [0.15, 0.2) is 0 Å². The average molecular weight is 196 g/mol. The minimum atomic E-state index is 0.693. The van der Waals surface area contributed by atoms with Crippen LogP contribution in [0.15, 0.2) is 0 Å². The largest absolute Gasteiger partial charge is 0.381 e. The Hall–Kier alpha value is -0.590. The molecule has 0 aromatic carbocycles. The number of rotatable bonds is 6. The van der Waals surface area contributed by atoms with E-state index in [1.807, 2.05) is 0 Å². The normalized spacial score (nSPS) is 17.9. The molecule has 1 aliphatic rings. The van der Waals surface area contributed by atoms with E-state index in [1.165, 1.54) is 12.8 Å². The molecule has 3 nitrogen and oxygen atoms in total. The summed E-state index contributed by atoms with van der Waals surface area (Å²) in [5.74, 6) is 0.805. The summed E-state index contributed by atoms with van der Waals surface area (Å²) in [5, 5.41) is 11.8. The number of nitriles is 1. The predicted octanol–water partition coefficient (Wildman–Crippen LogP) is 1.70. The zero-order valence-electron chi connectivity index (χ0n) is 8.80. The highest BCUT2D eigenvalue weighted by atomic mass is 16.5. The standard InChI is InChI=1S/C11H20N2O/c12-6-2-1-3-7-13-10-11-4-8-14-9-5-11/h11,13H,1-5,7-10H2. The number of unbranched alkanes of at least 4 members (excludes halogenated alkanes) is 2. The molecule has 0 unspecified atom stereocenters. The van der Waals surface area contributed by atoms with E-state index in [0.717, 1.165) is 45.1 Å². The van der Waals surface area contributed by atoms with Crippen molar-refractivity contribution in [3.05, 3.63) is 0 Å². The van der Waals surface area contributed by atoms with Crippen LogP contribution in [0, 0.1) is 17.2 Å². The fourth-order valence-corrected chi connectivity index (χ4v) is 1.71. The van der Waals surface area contributed by atoms with Crippen LogP contribution in [0.5, 0.6) is 0 Å². The van der Waals surface area contributed by atoms with E-state index in [0.29, 0.717) is 6.42 Å². The van der Waals surface area contributed by atoms with Gasteiger partial charge in [0, 0.05) is 19.6 Å². The lowest BCUT2D eigenvalue weighted by molar-refractivity contribution is 0.0663. The molecule has 0 saturated carbocycles. The Balaban J connectivity index is 1.85. The Morgan fingerprint density at radius 1 is 1.29 bits per heavy atom.